The van der Waals surface area contributed by atoms with Gasteiger partial charge in [0, 0.05) is 31.7 Å². The molecular weight excluding hydrogens is 430 g/mol. The van der Waals surface area contributed by atoms with Gasteiger partial charge in [-0.1, -0.05) is 48.5 Å². The summed E-state index contributed by atoms with van der Waals surface area (Å²) >= 11 is 0. The predicted molar refractivity (Wildman–Crippen MR) is 129 cm³/mol. The molecule has 0 radical (unpaired) electrons. The third-order valence-electron chi connectivity index (χ3n) is 5.69. The van der Waals surface area contributed by atoms with Crippen molar-refractivity contribution in [3.05, 3.63) is 101 Å². The molecule has 0 aliphatic carbocycles. The first kappa shape index (κ1) is 23.5. The van der Waals surface area contributed by atoms with E-state index in [9.17, 15) is 9.59 Å². The van der Waals surface area contributed by atoms with Crippen LogP contribution in [0.5, 0.6) is 5.75 Å². The summed E-state index contributed by atoms with van der Waals surface area (Å²) in [5.74, 6) is -0.280. The number of carbonyl (C=O) groups is 2. The number of para-hydroxylation sites is 1. The summed E-state index contributed by atoms with van der Waals surface area (Å²) in [6, 6.07) is 22.4. The number of ether oxygens (including phenoxy) is 2. The van der Waals surface area contributed by atoms with Crippen molar-refractivity contribution in [3.63, 3.8) is 0 Å². The van der Waals surface area contributed by atoms with Crippen molar-refractivity contribution in [2.24, 2.45) is 5.73 Å². The van der Waals surface area contributed by atoms with Crippen LogP contribution < -0.4 is 15.8 Å². The number of carbonyl (C=O) groups excluding carboxylic acids is 2. The number of morpholine rings is 1. The fraction of sp³-hybridized carbons (Fsp3) is 0.259. The summed E-state index contributed by atoms with van der Waals surface area (Å²) in [6.07, 6.45) is 0. The van der Waals surface area contributed by atoms with Gasteiger partial charge in [-0.3, -0.25) is 14.5 Å². The van der Waals surface area contributed by atoms with Crippen LogP contribution in [-0.2, 0) is 24.4 Å². The van der Waals surface area contributed by atoms with E-state index < -0.39 is 5.91 Å². The van der Waals surface area contributed by atoms with Crippen LogP contribution in [-0.4, -0.2) is 43.0 Å². The van der Waals surface area contributed by atoms with E-state index in [4.69, 9.17) is 15.2 Å². The van der Waals surface area contributed by atoms with E-state index in [1.165, 1.54) is 5.56 Å². The fourth-order valence-corrected chi connectivity index (χ4v) is 3.90. The van der Waals surface area contributed by atoms with E-state index in [1.807, 2.05) is 24.3 Å². The van der Waals surface area contributed by atoms with Gasteiger partial charge in [-0.15, -0.1) is 0 Å². The first-order chi connectivity index (χ1) is 16.6. The Morgan fingerprint density at radius 3 is 2.47 bits per heavy atom. The highest BCUT2D eigenvalue weighted by atomic mass is 16.5. The van der Waals surface area contributed by atoms with Crippen molar-refractivity contribution in [3.8, 4) is 5.75 Å². The Balaban J connectivity index is 1.33. The average molecular weight is 460 g/mol. The Kier molecular flexibility index (Phi) is 7.91. The van der Waals surface area contributed by atoms with Crippen molar-refractivity contribution in [2.45, 2.75) is 19.7 Å². The van der Waals surface area contributed by atoms with Crippen LogP contribution in [0, 0.1) is 0 Å². The lowest BCUT2D eigenvalue weighted by atomic mass is 10.1. The maximum Gasteiger partial charge on any atom is 0.252 e. The second-order valence-electron chi connectivity index (χ2n) is 8.24. The highest BCUT2D eigenvalue weighted by Crippen LogP contribution is 2.19. The van der Waals surface area contributed by atoms with Gasteiger partial charge in [0.2, 0.25) is 0 Å². The predicted octanol–water partition coefficient (Wildman–Crippen LogP) is 3.13. The molecule has 1 heterocycles. The second-order valence-corrected chi connectivity index (χ2v) is 8.24. The van der Waals surface area contributed by atoms with E-state index >= 15 is 0 Å². The van der Waals surface area contributed by atoms with Gasteiger partial charge in [0.15, 0.2) is 0 Å². The van der Waals surface area contributed by atoms with Gasteiger partial charge in [-0.25, -0.2) is 0 Å². The van der Waals surface area contributed by atoms with E-state index in [0.717, 1.165) is 44.0 Å². The van der Waals surface area contributed by atoms with Gasteiger partial charge >= 0.3 is 0 Å². The van der Waals surface area contributed by atoms with Gasteiger partial charge in [-0.05, 0) is 41.0 Å². The van der Waals surface area contributed by atoms with Crippen molar-refractivity contribution < 1.29 is 19.1 Å². The highest BCUT2D eigenvalue weighted by molar-refractivity contribution is 5.95. The molecule has 1 fully saturated rings. The van der Waals surface area contributed by atoms with Crippen LogP contribution in [0.15, 0.2) is 72.8 Å². The number of nitrogens with one attached hydrogen (secondary N) is 1. The summed E-state index contributed by atoms with van der Waals surface area (Å²) in [5, 5.41) is 3.00. The number of amides is 2. The van der Waals surface area contributed by atoms with Gasteiger partial charge in [0.25, 0.3) is 11.8 Å². The molecule has 3 aromatic carbocycles. The molecule has 4 rings (SSSR count). The summed E-state index contributed by atoms with van der Waals surface area (Å²) in [7, 11) is 0. The first-order valence-electron chi connectivity index (χ1n) is 11.4. The minimum atomic E-state index is -0.544. The molecule has 7 heteroatoms. The lowest BCUT2D eigenvalue weighted by Crippen LogP contribution is -2.35. The molecule has 0 unspecified atom stereocenters. The fourth-order valence-electron chi connectivity index (χ4n) is 3.90. The van der Waals surface area contributed by atoms with Crippen molar-refractivity contribution in [2.75, 3.05) is 26.3 Å². The smallest absolute Gasteiger partial charge is 0.252 e. The van der Waals surface area contributed by atoms with Gasteiger partial charge in [0.05, 0.1) is 18.8 Å². The third kappa shape index (κ3) is 6.43. The van der Waals surface area contributed by atoms with Crippen LogP contribution >= 0.6 is 0 Å². The summed E-state index contributed by atoms with van der Waals surface area (Å²) < 4.78 is 11.2. The van der Waals surface area contributed by atoms with Crippen LogP contribution in [0.2, 0.25) is 0 Å². The topological polar surface area (TPSA) is 93.9 Å². The molecule has 176 valence electrons. The number of rotatable bonds is 9. The molecular formula is C27H29N3O4. The Hall–Kier alpha value is -3.68. The third-order valence-corrected chi connectivity index (χ3v) is 5.69. The summed E-state index contributed by atoms with van der Waals surface area (Å²) in [5.41, 5.74) is 9.38. The number of nitrogens with zero attached hydrogens (tertiary/aromatic N) is 1. The lowest BCUT2D eigenvalue weighted by Gasteiger charge is -2.26. The largest absolute Gasteiger partial charge is 0.488 e. The molecule has 2 amide bonds. The molecule has 1 saturated heterocycles. The highest BCUT2D eigenvalue weighted by Gasteiger charge is 2.12. The Morgan fingerprint density at radius 1 is 0.912 bits per heavy atom. The quantitative estimate of drug-likeness (QED) is 0.513. The molecule has 0 aromatic heterocycles. The Labute approximate surface area is 199 Å². The molecule has 34 heavy (non-hydrogen) atoms. The van der Waals surface area contributed by atoms with Crippen LogP contribution in [0.25, 0.3) is 0 Å². The molecule has 3 aromatic rings. The number of hydrogen-bond acceptors (Lipinski definition) is 5. The standard InChI is InChI=1S/C27H29N3O4/c28-26(31)24-9-1-2-10-25(24)34-19-22-7-4-8-23(16-22)27(32)29-17-20-5-3-6-21(15-20)18-30-11-13-33-14-12-30/h1-10,15-16H,11-14,17-19H2,(H2,28,31)(H,29,32). The maximum atomic E-state index is 12.8. The Morgan fingerprint density at radius 2 is 1.65 bits per heavy atom. The molecule has 7 nitrogen and oxygen atoms in total. The number of hydrogen-bond donors (Lipinski definition) is 2. The van der Waals surface area contributed by atoms with Crippen molar-refractivity contribution in [1.82, 2.24) is 10.2 Å². The maximum absolute atomic E-state index is 12.8. The van der Waals surface area contributed by atoms with E-state index in [0.29, 0.717) is 23.4 Å². The van der Waals surface area contributed by atoms with Crippen LogP contribution in [0.3, 0.4) is 0 Å². The van der Waals surface area contributed by atoms with Gasteiger partial charge < -0.3 is 20.5 Å². The zero-order valence-electron chi connectivity index (χ0n) is 19.0. The zero-order valence-corrected chi connectivity index (χ0v) is 19.0. The van der Waals surface area contributed by atoms with E-state index in [1.54, 1.807) is 36.4 Å². The molecule has 0 atom stereocenters. The lowest BCUT2D eigenvalue weighted by molar-refractivity contribution is 0.0342. The number of benzene rings is 3. The molecule has 0 spiro atoms. The number of primary amides is 1. The number of nitrogens with two attached hydrogens (primary N) is 1. The second kappa shape index (κ2) is 11.4. The van der Waals surface area contributed by atoms with Crippen LogP contribution in [0.4, 0.5) is 0 Å². The molecule has 1 aliphatic heterocycles. The average Bonchev–Trinajstić information content (AvgIpc) is 2.87. The SMILES string of the molecule is NC(=O)c1ccccc1OCc1cccc(C(=O)NCc2cccc(CN3CCOCC3)c2)c1. The normalized spacial score (nSPS) is 13.9. The Bertz CT molecular complexity index is 1140. The zero-order chi connectivity index (χ0) is 23.8. The monoisotopic (exact) mass is 459 g/mol. The molecule has 1 aliphatic rings. The van der Waals surface area contributed by atoms with Crippen molar-refractivity contribution in [1.29, 1.82) is 0 Å². The van der Waals surface area contributed by atoms with E-state index in [2.05, 4.69) is 22.3 Å². The molecule has 3 N–H and O–H groups in total. The van der Waals surface area contributed by atoms with Crippen molar-refractivity contribution >= 4 is 11.8 Å². The summed E-state index contributed by atoms with van der Waals surface area (Å²) in [6.45, 7) is 4.98. The molecule has 0 bridgehead atoms. The summed E-state index contributed by atoms with van der Waals surface area (Å²) in [4.78, 5) is 26.7. The van der Waals surface area contributed by atoms with Gasteiger partial charge in [0.1, 0.15) is 12.4 Å². The molecule has 0 saturated carbocycles. The minimum Gasteiger partial charge on any atom is -0.488 e. The van der Waals surface area contributed by atoms with Gasteiger partial charge in [-0.2, -0.15) is 0 Å². The van der Waals surface area contributed by atoms with Crippen LogP contribution in [0.1, 0.15) is 37.4 Å². The minimum absolute atomic E-state index is 0.155. The first-order valence-corrected chi connectivity index (χ1v) is 11.4. The van der Waals surface area contributed by atoms with E-state index in [-0.39, 0.29) is 12.5 Å².